The van der Waals surface area contributed by atoms with E-state index in [-0.39, 0.29) is 28.7 Å². The Bertz CT molecular complexity index is 792. The summed E-state index contributed by atoms with van der Waals surface area (Å²) in [6.07, 6.45) is 2.56. The van der Waals surface area contributed by atoms with Crippen molar-refractivity contribution in [2.45, 2.75) is 50.0 Å². The first-order valence-electron chi connectivity index (χ1n) is 8.93. The Labute approximate surface area is 167 Å². The van der Waals surface area contributed by atoms with Gasteiger partial charge in [0.25, 0.3) is 10.0 Å². The second-order valence-electron chi connectivity index (χ2n) is 6.76. The molecule has 0 fully saturated rings. The SMILES string of the molecule is CCC(N)(CC)CNC(=O)CCCN(C)C1=NS(=O)(=O)c2ccccc21.Cl. The molecule has 1 aliphatic heterocycles. The van der Waals surface area contributed by atoms with Crippen molar-refractivity contribution < 1.29 is 13.2 Å². The normalized spacial score (nSPS) is 14.7. The summed E-state index contributed by atoms with van der Waals surface area (Å²) in [5.74, 6) is 0.385. The van der Waals surface area contributed by atoms with E-state index >= 15 is 0 Å². The summed E-state index contributed by atoms with van der Waals surface area (Å²) in [6, 6.07) is 6.78. The van der Waals surface area contributed by atoms with Crippen LogP contribution in [-0.4, -0.2) is 50.7 Å². The van der Waals surface area contributed by atoms with Crippen molar-refractivity contribution >= 4 is 34.2 Å². The standard InChI is InChI=1S/C18H28N4O3S.ClH/c1-4-18(19,5-2)13-20-16(23)11-8-12-22(3)17-14-9-6-7-10-15(14)26(24,25)21-17;/h6-7,9-10H,4-5,8,11-13,19H2,1-3H3,(H,20,23);1H. The van der Waals surface area contributed by atoms with Gasteiger partial charge in [-0.2, -0.15) is 8.42 Å². The lowest BCUT2D eigenvalue weighted by Gasteiger charge is -2.27. The van der Waals surface area contributed by atoms with Crippen molar-refractivity contribution in [1.29, 1.82) is 0 Å². The fourth-order valence-electron chi connectivity index (χ4n) is 2.81. The van der Waals surface area contributed by atoms with Crippen molar-refractivity contribution in [2.24, 2.45) is 10.1 Å². The molecule has 0 aromatic heterocycles. The number of halogens is 1. The van der Waals surface area contributed by atoms with Gasteiger partial charge in [-0.1, -0.05) is 26.0 Å². The zero-order valence-electron chi connectivity index (χ0n) is 16.1. The first kappa shape index (κ1) is 23.4. The number of hydrogen-bond acceptors (Lipinski definition) is 5. The number of nitrogens with one attached hydrogen (secondary N) is 1. The third-order valence-electron chi connectivity index (χ3n) is 4.92. The number of nitrogens with two attached hydrogens (primary N) is 1. The Morgan fingerprint density at radius 2 is 1.89 bits per heavy atom. The highest BCUT2D eigenvalue weighted by Crippen LogP contribution is 2.26. The van der Waals surface area contributed by atoms with Gasteiger partial charge in [-0.3, -0.25) is 4.79 Å². The molecule has 1 heterocycles. The molecule has 0 saturated carbocycles. The average molecular weight is 417 g/mol. The smallest absolute Gasteiger partial charge is 0.285 e. The maximum absolute atomic E-state index is 12.1. The molecule has 0 spiro atoms. The molecule has 3 N–H and O–H groups in total. The van der Waals surface area contributed by atoms with Gasteiger partial charge in [-0.15, -0.1) is 16.8 Å². The highest BCUT2D eigenvalue weighted by molar-refractivity contribution is 7.90. The van der Waals surface area contributed by atoms with Crippen LogP contribution in [0.5, 0.6) is 0 Å². The fraction of sp³-hybridized carbons (Fsp3) is 0.556. The summed E-state index contributed by atoms with van der Waals surface area (Å²) >= 11 is 0. The summed E-state index contributed by atoms with van der Waals surface area (Å²) in [5.41, 5.74) is 6.43. The number of amidine groups is 1. The molecule has 0 radical (unpaired) electrons. The van der Waals surface area contributed by atoms with Crippen molar-refractivity contribution in [2.75, 3.05) is 20.1 Å². The third kappa shape index (κ3) is 5.67. The van der Waals surface area contributed by atoms with Crippen LogP contribution in [0.15, 0.2) is 33.6 Å². The Kier molecular flexibility index (Phi) is 8.25. The molecule has 2 rings (SSSR count). The lowest BCUT2D eigenvalue weighted by molar-refractivity contribution is -0.121. The van der Waals surface area contributed by atoms with E-state index in [4.69, 9.17) is 5.73 Å². The van der Waals surface area contributed by atoms with Crippen LogP contribution in [0.1, 0.15) is 45.1 Å². The topological polar surface area (TPSA) is 105 Å². The summed E-state index contributed by atoms with van der Waals surface area (Å²) in [4.78, 5) is 14.0. The number of fused-ring (bicyclic) bond motifs is 1. The van der Waals surface area contributed by atoms with E-state index in [9.17, 15) is 13.2 Å². The number of sulfonamides is 1. The van der Waals surface area contributed by atoms with Gasteiger partial charge in [0.05, 0.1) is 0 Å². The van der Waals surface area contributed by atoms with E-state index in [1.165, 1.54) is 0 Å². The third-order valence-corrected chi connectivity index (χ3v) is 6.24. The summed E-state index contributed by atoms with van der Waals surface area (Å²) in [6.45, 7) is 5.02. The average Bonchev–Trinajstić information content (AvgIpc) is 2.91. The number of amides is 1. The van der Waals surface area contributed by atoms with Gasteiger partial charge in [-0.05, 0) is 31.4 Å². The lowest BCUT2D eigenvalue weighted by atomic mass is 9.94. The van der Waals surface area contributed by atoms with E-state index < -0.39 is 10.0 Å². The molecule has 1 aromatic rings. The van der Waals surface area contributed by atoms with E-state index in [0.29, 0.717) is 37.3 Å². The summed E-state index contributed by atoms with van der Waals surface area (Å²) < 4.78 is 28.1. The van der Waals surface area contributed by atoms with Crippen molar-refractivity contribution in [3.8, 4) is 0 Å². The van der Waals surface area contributed by atoms with Gasteiger partial charge >= 0.3 is 0 Å². The molecule has 1 aliphatic rings. The van der Waals surface area contributed by atoms with Crippen LogP contribution in [0.25, 0.3) is 0 Å². The van der Waals surface area contributed by atoms with Gasteiger partial charge in [0.1, 0.15) is 10.7 Å². The molecule has 152 valence electrons. The zero-order valence-corrected chi connectivity index (χ0v) is 17.7. The molecule has 0 aliphatic carbocycles. The quantitative estimate of drug-likeness (QED) is 0.673. The lowest BCUT2D eigenvalue weighted by Crippen LogP contribution is -2.49. The monoisotopic (exact) mass is 416 g/mol. The summed E-state index contributed by atoms with van der Waals surface area (Å²) in [7, 11) is -1.83. The number of nitrogens with zero attached hydrogens (tertiary/aromatic N) is 2. The summed E-state index contributed by atoms with van der Waals surface area (Å²) in [5, 5.41) is 2.89. The predicted octanol–water partition coefficient (Wildman–Crippen LogP) is 1.90. The van der Waals surface area contributed by atoms with E-state index in [1.54, 1.807) is 36.2 Å². The second-order valence-corrected chi connectivity index (χ2v) is 8.33. The van der Waals surface area contributed by atoms with Crippen LogP contribution in [0.3, 0.4) is 0 Å². The van der Waals surface area contributed by atoms with Crippen LogP contribution in [0, 0.1) is 0 Å². The molecule has 7 nitrogen and oxygen atoms in total. The minimum Gasteiger partial charge on any atom is -0.358 e. The van der Waals surface area contributed by atoms with Crippen LogP contribution in [0.2, 0.25) is 0 Å². The first-order valence-corrected chi connectivity index (χ1v) is 10.4. The molecule has 1 aromatic carbocycles. The number of hydrogen-bond donors (Lipinski definition) is 2. The van der Waals surface area contributed by atoms with Gasteiger partial charge in [0.15, 0.2) is 0 Å². The largest absolute Gasteiger partial charge is 0.358 e. The van der Waals surface area contributed by atoms with Crippen LogP contribution in [0.4, 0.5) is 0 Å². The van der Waals surface area contributed by atoms with Gasteiger partial charge < -0.3 is 16.0 Å². The van der Waals surface area contributed by atoms with Crippen molar-refractivity contribution in [3.05, 3.63) is 29.8 Å². The Morgan fingerprint density at radius 3 is 2.52 bits per heavy atom. The molecular weight excluding hydrogens is 388 g/mol. The molecule has 0 saturated heterocycles. The number of rotatable bonds is 8. The second kappa shape index (κ2) is 9.52. The van der Waals surface area contributed by atoms with E-state index in [0.717, 1.165) is 12.8 Å². The minimum atomic E-state index is -3.62. The zero-order chi connectivity index (χ0) is 19.4. The first-order chi connectivity index (χ1) is 12.2. The van der Waals surface area contributed by atoms with Crippen molar-refractivity contribution in [1.82, 2.24) is 10.2 Å². The van der Waals surface area contributed by atoms with Crippen LogP contribution < -0.4 is 11.1 Å². The molecule has 0 bridgehead atoms. The predicted molar refractivity (Wildman–Crippen MR) is 110 cm³/mol. The number of carbonyl (C=O) groups is 1. The number of carbonyl (C=O) groups excluding carboxylic acids is 1. The fourth-order valence-corrected chi connectivity index (χ4v) is 4.06. The molecule has 9 heteroatoms. The maximum Gasteiger partial charge on any atom is 0.285 e. The molecule has 0 atom stereocenters. The molecule has 27 heavy (non-hydrogen) atoms. The van der Waals surface area contributed by atoms with Crippen LogP contribution >= 0.6 is 12.4 Å². The van der Waals surface area contributed by atoms with Gasteiger partial charge in [0, 0.05) is 37.7 Å². The highest BCUT2D eigenvalue weighted by atomic mass is 35.5. The Balaban J connectivity index is 0.00000364. The molecule has 1 amide bonds. The van der Waals surface area contributed by atoms with E-state index in [1.807, 2.05) is 13.8 Å². The Morgan fingerprint density at radius 1 is 1.26 bits per heavy atom. The number of benzene rings is 1. The molecule has 0 unspecified atom stereocenters. The van der Waals surface area contributed by atoms with Crippen molar-refractivity contribution in [3.63, 3.8) is 0 Å². The maximum atomic E-state index is 12.1. The highest BCUT2D eigenvalue weighted by Gasteiger charge is 2.30. The minimum absolute atomic E-state index is 0. The molecular formula is C18H29ClN4O3S. The van der Waals surface area contributed by atoms with Crippen LogP contribution in [-0.2, 0) is 14.8 Å². The Hall–Kier alpha value is -1.64. The van der Waals surface area contributed by atoms with Gasteiger partial charge in [0.2, 0.25) is 5.91 Å². The van der Waals surface area contributed by atoms with E-state index in [2.05, 4.69) is 9.71 Å². The van der Waals surface area contributed by atoms with Gasteiger partial charge in [-0.25, -0.2) is 0 Å².